The third-order valence-corrected chi connectivity index (χ3v) is 2.68. The largest absolute Gasteiger partial charge is 0.491 e. The lowest BCUT2D eigenvalue weighted by molar-refractivity contribution is -0.145. The van der Waals surface area contributed by atoms with Crippen molar-refractivity contribution >= 4 is 5.97 Å². The molecular formula is C12H16FNO3. The average molecular weight is 241 g/mol. The van der Waals surface area contributed by atoms with E-state index in [1.165, 1.54) is 25.1 Å². The monoisotopic (exact) mass is 241 g/mol. The van der Waals surface area contributed by atoms with Gasteiger partial charge >= 0.3 is 5.97 Å². The maximum absolute atomic E-state index is 12.9. The first-order valence-electron chi connectivity index (χ1n) is 5.20. The standard InChI is InChI=1S/C12H16FNO3/c1-8-6-9(13)4-5-10(8)17-7-12(2,14-3)11(15)16/h4-6,14H,7H2,1-3H3,(H,15,16). The number of nitrogens with one attached hydrogen (secondary N) is 1. The zero-order valence-corrected chi connectivity index (χ0v) is 10.1. The predicted octanol–water partition coefficient (Wildman–Crippen LogP) is 1.58. The summed E-state index contributed by atoms with van der Waals surface area (Å²) in [4.78, 5) is 11.0. The van der Waals surface area contributed by atoms with Gasteiger partial charge in [-0.25, -0.2) is 4.39 Å². The molecule has 0 heterocycles. The maximum Gasteiger partial charge on any atom is 0.327 e. The van der Waals surface area contributed by atoms with E-state index in [1.54, 1.807) is 14.0 Å². The van der Waals surface area contributed by atoms with E-state index in [2.05, 4.69) is 5.32 Å². The Hall–Kier alpha value is -1.62. The van der Waals surface area contributed by atoms with Gasteiger partial charge in [0.2, 0.25) is 0 Å². The minimum atomic E-state index is -1.17. The highest BCUT2D eigenvalue weighted by atomic mass is 19.1. The quantitative estimate of drug-likeness (QED) is 0.821. The van der Waals surface area contributed by atoms with Crippen LogP contribution >= 0.6 is 0 Å². The molecule has 1 rings (SSSR count). The summed E-state index contributed by atoms with van der Waals surface area (Å²) in [6, 6.07) is 4.11. The lowest BCUT2D eigenvalue weighted by Crippen LogP contribution is -2.52. The van der Waals surface area contributed by atoms with Crippen LogP contribution in [0.1, 0.15) is 12.5 Å². The van der Waals surface area contributed by atoms with Gasteiger partial charge in [0.15, 0.2) is 0 Å². The number of rotatable bonds is 5. The molecule has 4 nitrogen and oxygen atoms in total. The lowest BCUT2D eigenvalue weighted by atomic mass is 10.1. The normalized spacial score (nSPS) is 14.1. The first kappa shape index (κ1) is 13.4. The molecule has 17 heavy (non-hydrogen) atoms. The summed E-state index contributed by atoms with van der Waals surface area (Å²) < 4.78 is 18.3. The molecule has 1 atom stereocenters. The van der Waals surface area contributed by atoms with E-state index in [0.717, 1.165) is 0 Å². The molecule has 2 N–H and O–H groups in total. The van der Waals surface area contributed by atoms with Crippen molar-refractivity contribution in [3.8, 4) is 5.75 Å². The Morgan fingerprint density at radius 3 is 2.71 bits per heavy atom. The van der Waals surface area contributed by atoms with Gasteiger partial charge in [-0.05, 0) is 44.7 Å². The Labute approximate surface area is 99.4 Å². The molecule has 0 aliphatic rings. The Morgan fingerprint density at radius 1 is 1.59 bits per heavy atom. The fourth-order valence-electron chi connectivity index (χ4n) is 1.24. The third-order valence-electron chi connectivity index (χ3n) is 2.68. The Kier molecular flexibility index (Phi) is 4.07. The van der Waals surface area contributed by atoms with Crippen molar-refractivity contribution in [1.82, 2.24) is 5.32 Å². The van der Waals surface area contributed by atoms with Crippen LogP contribution in [0.3, 0.4) is 0 Å². The Morgan fingerprint density at radius 2 is 2.24 bits per heavy atom. The minimum Gasteiger partial charge on any atom is -0.491 e. The van der Waals surface area contributed by atoms with E-state index in [1.807, 2.05) is 0 Å². The van der Waals surface area contributed by atoms with E-state index >= 15 is 0 Å². The van der Waals surface area contributed by atoms with Gasteiger partial charge < -0.3 is 15.2 Å². The number of carboxylic acids is 1. The molecule has 1 aromatic rings. The second-order valence-electron chi connectivity index (χ2n) is 4.09. The fourth-order valence-corrected chi connectivity index (χ4v) is 1.24. The second-order valence-corrected chi connectivity index (χ2v) is 4.09. The second kappa shape index (κ2) is 5.14. The average Bonchev–Trinajstić information content (AvgIpc) is 2.27. The molecule has 0 radical (unpaired) electrons. The van der Waals surface area contributed by atoms with Crippen LogP contribution in [-0.4, -0.2) is 30.3 Å². The molecule has 0 aliphatic carbocycles. The van der Waals surface area contributed by atoms with Crippen molar-refractivity contribution in [2.75, 3.05) is 13.7 Å². The van der Waals surface area contributed by atoms with Crippen molar-refractivity contribution in [2.45, 2.75) is 19.4 Å². The molecule has 1 unspecified atom stereocenters. The smallest absolute Gasteiger partial charge is 0.327 e. The van der Waals surface area contributed by atoms with Crippen LogP contribution in [-0.2, 0) is 4.79 Å². The molecule has 1 aromatic carbocycles. The van der Waals surface area contributed by atoms with Gasteiger partial charge in [0.1, 0.15) is 23.7 Å². The molecule has 0 saturated heterocycles. The molecule has 0 saturated carbocycles. The van der Waals surface area contributed by atoms with Crippen molar-refractivity contribution in [3.63, 3.8) is 0 Å². The number of hydrogen-bond donors (Lipinski definition) is 2. The summed E-state index contributed by atoms with van der Waals surface area (Å²) in [5.74, 6) is -0.863. The topological polar surface area (TPSA) is 58.6 Å². The fraction of sp³-hybridized carbons (Fsp3) is 0.417. The van der Waals surface area contributed by atoms with Gasteiger partial charge in [0.05, 0.1) is 0 Å². The Balaban J connectivity index is 2.76. The molecule has 5 heteroatoms. The number of halogens is 1. The Bertz CT molecular complexity index is 422. The van der Waals surface area contributed by atoms with Crippen LogP contribution in [0, 0.1) is 12.7 Å². The zero-order valence-electron chi connectivity index (χ0n) is 10.1. The minimum absolute atomic E-state index is 0.0364. The number of hydrogen-bond acceptors (Lipinski definition) is 3. The highest BCUT2D eigenvalue weighted by Gasteiger charge is 2.32. The van der Waals surface area contributed by atoms with E-state index in [9.17, 15) is 9.18 Å². The van der Waals surface area contributed by atoms with Crippen molar-refractivity contribution in [3.05, 3.63) is 29.6 Å². The van der Waals surface area contributed by atoms with Crippen molar-refractivity contribution < 1.29 is 19.0 Å². The number of aryl methyl sites for hydroxylation is 1. The highest BCUT2D eigenvalue weighted by Crippen LogP contribution is 2.19. The SMILES string of the molecule is CNC(C)(COc1ccc(F)cc1C)C(=O)O. The van der Waals surface area contributed by atoms with Gasteiger partial charge in [0, 0.05) is 0 Å². The molecular weight excluding hydrogens is 225 g/mol. The number of aliphatic carboxylic acids is 1. The van der Waals surface area contributed by atoms with E-state index in [-0.39, 0.29) is 12.4 Å². The van der Waals surface area contributed by atoms with E-state index in [0.29, 0.717) is 11.3 Å². The number of carboxylic acid groups (broad SMARTS) is 1. The third kappa shape index (κ3) is 3.17. The summed E-state index contributed by atoms with van der Waals surface area (Å²) in [5.41, 5.74) is -0.533. The molecule has 0 spiro atoms. The van der Waals surface area contributed by atoms with Crippen molar-refractivity contribution in [2.24, 2.45) is 0 Å². The summed E-state index contributed by atoms with van der Waals surface area (Å²) in [7, 11) is 1.55. The number of ether oxygens (including phenoxy) is 1. The van der Waals surface area contributed by atoms with Gasteiger partial charge in [-0.3, -0.25) is 4.79 Å². The van der Waals surface area contributed by atoms with Gasteiger partial charge in [-0.1, -0.05) is 0 Å². The van der Waals surface area contributed by atoms with Crippen LogP contribution in [0.5, 0.6) is 5.75 Å². The number of likely N-dealkylation sites (N-methyl/N-ethyl adjacent to an activating group) is 1. The highest BCUT2D eigenvalue weighted by molar-refractivity contribution is 5.78. The summed E-state index contributed by atoms with van der Waals surface area (Å²) in [6.45, 7) is 3.19. The summed E-state index contributed by atoms with van der Waals surface area (Å²) in [6.07, 6.45) is 0. The first-order chi connectivity index (χ1) is 7.89. The van der Waals surface area contributed by atoms with Crippen LogP contribution < -0.4 is 10.1 Å². The lowest BCUT2D eigenvalue weighted by Gasteiger charge is -2.24. The van der Waals surface area contributed by atoms with Gasteiger partial charge in [0.25, 0.3) is 0 Å². The van der Waals surface area contributed by atoms with Crippen LogP contribution in [0.15, 0.2) is 18.2 Å². The van der Waals surface area contributed by atoms with E-state index < -0.39 is 11.5 Å². The molecule has 0 aromatic heterocycles. The zero-order chi connectivity index (χ0) is 13.1. The van der Waals surface area contributed by atoms with Crippen LogP contribution in [0.25, 0.3) is 0 Å². The van der Waals surface area contributed by atoms with Crippen molar-refractivity contribution in [1.29, 1.82) is 0 Å². The molecule has 0 aliphatic heterocycles. The predicted molar refractivity (Wildman–Crippen MR) is 61.7 cm³/mol. The van der Waals surface area contributed by atoms with Crippen LogP contribution in [0.2, 0.25) is 0 Å². The molecule has 0 fully saturated rings. The number of benzene rings is 1. The van der Waals surface area contributed by atoms with E-state index in [4.69, 9.17) is 9.84 Å². The summed E-state index contributed by atoms with van der Waals surface area (Å²) in [5, 5.41) is 11.7. The first-order valence-corrected chi connectivity index (χ1v) is 5.20. The van der Waals surface area contributed by atoms with Gasteiger partial charge in [-0.2, -0.15) is 0 Å². The molecule has 94 valence electrons. The molecule has 0 bridgehead atoms. The number of carbonyl (C=O) groups is 1. The maximum atomic E-state index is 12.9. The van der Waals surface area contributed by atoms with Crippen LogP contribution in [0.4, 0.5) is 4.39 Å². The summed E-state index contributed by atoms with van der Waals surface area (Å²) >= 11 is 0. The van der Waals surface area contributed by atoms with Gasteiger partial charge in [-0.15, -0.1) is 0 Å². The molecule has 0 amide bonds.